The molecular weight excluding hydrogens is 250 g/mol. The van der Waals surface area contributed by atoms with Crippen LogP contribution in [0.25, 0.3) is 0 Å². The van der Waals surface area contributed by atoms with Crippen LogP contribution >= 0.6 is 0 Å². The average Bonchev–Trinajstić information content (AvgIpc) is 2.48. The van der Waals surface area contributed by atoms with Gasteiger partial charge in [0.25, 0.3) is 0 Å². The Labute approximate surface area is 120 Å². The summed E-state index contributed by atoms with van der Waals surface area (Å²) in [7, 11) is 0. The topological polar surface area (TPSA) is 42.4 Å². The minimum Gasteiger partial charge on any atom is -0.456 e. The lowest BCUT2D eigenvalue weighted by Gasteiger charge is -2.11. The second-order valence-corrected chi connectivity index (χ2v) is 5.08. The van der Waals surface area contributed by atoms with Gasteiger partial charge in [-0.1, -0.05) is 26.0 Å². The zero-order chi connectivity index (χ0) is 14.5. The first-order valence-corrected chi connectivity index (χ1v) is 7.02. The molecule has 20 heavy (non-hydrogen) atoms. The Balaban J connectivity index is 2.06. The van der Waals surface area contributed by atoms with Crippen molar-refractivity contribution in [3.8, 4) is 11.5 Å². The summed E-state index contributed by atoms with van der Waals surface area (Å²) in [6.45, 7) is 6.09. The highest BCUT2D eigenvalue weighted by Crippen LogP contribution is 2.25. The molecule has 0 radical (unpaired) electrons. The maximum absolute atomic E-state index is 9.41. The van der Waals surface area contributed by atoms with E-state index in [-0.39, 0.29) is 0 Å². The van der Waals surface area contributed by atoms with Gasteiger partial charge in [0.1, 0.15) is 11.5 Å². The van der Waals surface area contributed by atoms with Crippen molar-refractivity contribution in [2.45, 2.75) is 39.2 Å². The second kappa shape index (κ2) is 6.53. The molecule has 0 spiro atoms. The summed E-state index contributed by atoms with van der Waals surface area (Å²) >= 11 is 0. The first-order valence-electron chi connectivity index (χ1n) is 7.02. The van der Waals surface area contributed by atoms with Gasteiger partial charge in [-0.25, -0.2) is 0 Å². The summed E-state index contributed by atoms with van der Waals surface area (Å²) < 4.78 is 5.74. The Morgan fingerprint density at radius 3 is 2.20 bits per heavy atom. The molecule has 3 heteroatoms. The number of aromatic nitrogens is 1. The predicted molar refractivity (Wildman–Crippen MR) is 80.1 cm³/mol. The van der Waals surface area contributed by atoms with Gasteiger partial charge in [0.15, 0.2) is 0 Å². The van der Waals surface area contributed by atoms with E-state index in [1.54, 1.807) is 19.2 Å². The molecule has 0 aliphatic rings. The number of aliphatic hydroxyl groups excluding tert-OH is 1. The van der Waals surface area contributed by atoms with E-state index in [0.29, 0.717) is 17.4 Å². The van der Waals surface area contributed by atoms with Crippen molar-refractivity contribution in [2.24, 2.45) is 0 Å². The lowest BCUT2D eigenvalue weighted by molar-refractivity contribution is 0.194. The molecule has 2 rings (SSSR count). The lowest BCUT2D eigenvalue weighted by atomic mass is 9.99. The number of hydrogen-bond acceptors (Lipinski definition) is 3. The summed E-state index contributed by atoms with van der Waals surface area (Å²) in [5, 5.41) is 9.41. The highest BCUT2D eigenvalue weighted by molar-refractivity contribution is 5.33. The van der Waals surface area contributed by atoms with Crippen LogP contribution in [0.1, 0.15) is 50.5 Å². The maximum Gasteiger partial charge on any atom is 0.145 e. The van der Waals surface area contributed by atoms with Crippen LogP contribution in [0.15, 0.2) is 42.6 Å². The molecule has 0 aliphatic carbocycles. The van der Waals surface area contributed by atoms with Crippen LogP contribution in [0, 0.1) is 0 Å². The molecular formula is C17H21NO2. The first-order chi connectivity index (χ1) is 9.60. The molecule has 0 amide bonds. The third kappa shape index (κ3) is 3.58. The third-order valence-electron chi connectivity index (χ3n) is 3.48. The van der Waals surface area contributed by atoms with Gasteiger partial charge in [0.05, 0.1) is 18.0 Å². The van der Waals surface area contributed by atoms with Gasteiger partial charge in [0, 0.05) is 0 Å². The normalized spacial score (nSPS) is 13.8. The summed E-state index contributed by atoms with van der Waals surface area (Å²) in [5.74, 6) is 2.03. The SMILES string of the molecule is CCC(C)c1ccc(Oc2ccc([C@H](C)O)nc2)cc1. The highest BCUT2D eigenvalue weighted by Gasteiger charge is 2.05. The lowest BCUT2D eigenvalue weighted by Crippen LogP contribution is -1.95. The molecule has 2 aromatic rings. The second-order valence-electron chi connectivity index (χ2n) is 5.08. The standard InChI is InChI=1S/C17H21NO2/c1-4-12(2)14-5-7-15(8-6-14)20-16-9-10-17(13(3)19)18-11-16/h5-13,19H,4H2,1-3H3/t12?,13-/m0/s1. The molecule has 0 aliphatic heterocycles. The Kier molecular flexibility index (Phi) is 4.74. The van der Waals surface area contributed by atoms with E-state index in [4.69, 9.17) is 4.74 Å². The van der Waals surface area contributed by atoms with Crippen LogP contribution in [-0.4, -0.2) is 10.1 Å². The molecule has 1 N–H and O–H groups in total. The molecule has 106 valence electrons. The van der Waals surface area contributed by atoms with Crippen LogP contribution in [0.4, 0.5) is 0 Å². The van der Waals surface area contributed by atoms with Gasteiger partial charge >= 0.3 is 0 Å². The Hall–Kier alpha value is -1.87. The summed E-state index contributed by atoms with van der Waals surface area (Å²) in [4.78, 5) is 4.16. The minimum atomic E-state index is -0.557. The molecule has 0 saturated carbocycles. The van der Waals surface area contributed by atoms with Gasteiger partial charge in [0.2, 0.25) is 0 Å². The monoisotopic (exact) mass is 271 g/mol. The van der Waals surface area contributed by atoms with E-state index in [1.807, 2.05) is 18.2 Å². The van der Waals surface area contributed by atoms with Crippen molar-refractivity contribution < 1.29 is 9.84 Å². The van der Waals surface area contributed by atoms with Gasteiger partial charge in [-0.3, -0.25) is 4.98 Å². The average molecular weight is 271 g/mol. The fourth-order valence-electron chi connectivity index (χ4n) is 1.94. The highest BCUT2D eigenvalue weighted by atomic mass is 16.5. The molecule has 0 fully saturated rings. The van der Waals surface area contributed by atoms with Gasteiger partial charge in [-0.05, 0) is 49.1 Å². The number of hydrogen-bond donors (Lipinski definition) is 1. The fraction of sp³-hybridized carbons (Fsp3) is 0.353. The Morgan fingerprint density at radius 2 is 1.70 bits per heavy atom. The summed E-state index contributed by atoms with van der Waals surface area (Å²) in [5.41, 5.74) is 1.96. The van der Waals surface area contributed by atoms with Crippen molar-refractivity contribution >= 4 is 0 Å². The number of benzene rings is 1. The fourth-order valence-corrected chi connectivity index (χ4v) is 1.94. The molecule has 1 unspecified atom stereocenters. The van der Waals surface area contributed by atoms with Crippen LogP contribution in [0.3, 0.4) is 0 Å². The number of pyridine rings is 1. The van der Waals surface area contributed by atoms with Crippen molar-refractivity contribution in [3.05, 3.63) is 53.9 Å². The van der Waals surface area contributed by atoms with E-state index in [2.05, 4.69) is 31.0 Å². The first kappa shape index (κ1) is 14.5. The van der Waals surface area contributed by atoms with Crippen molar-refractivity contribution in [1.29, 1.82) is 0 Å². The van der Waals surface area contributed by atoms with E-state index >= 15 is 0 Å². The van der Waals surface area contributed by atoms with Crippen LogP contribution in [-0.2, 0) is 0 Å². The molecule has 0 bridgehead atoms. The third-order valence-corrected chi connectivity index (χ3v) is 3.48. The Morgan fingerprint density at radius 1 is 1.05 bits per heavy atom. The molecule has 2 atom stereocenters. The van der Waals surface area contributed by atoms with E-state index in [1.165, 1.54) is 5.56 Å². The van der Waals surface area contributed by atoms with E-state index in [9.17, 15) is 5.11 Å². The number of nitrogens with zero attached hydrogens (tertiary/aromatic N) is 1. The van der Waals surface area contributed by atoms with Crippen LogP contribution in [0.2, 0.25) is 0 Å². The van der Waals surface area contributed by atoms with E-state index in [0.717, 1.165) is 12.2 Å². The maximum atomic E-state index is 9.41. The molecule has 3 nitrogen and oxygen atoms in total. The summed E-state index contributed by atoms with van der Waals surface area (Å²) in [6.07, 6.45) is 2.20. The molecule has 1 heterocycles. The molecule has 1 aromatic heterocycles. The van der Waals surface area contributed by atoms with Crippen molar-refractivity contribution in [3.63, 3.8) is 0 Å². The van der Waals surface area contributed by atoms with Crippen molar-refractivity contribution in [2.75, 3.05) is 0 Å². The van der Waals surface area contributed by atoms with E-state index < -0.39 is 6.10 Å². The quantitative estimate of drug-likeness (QED) is 0.874. The minimum absolute atomic E-state index is 0.557. The van der Waals surface area contributed by atoms with Gasteiger partial charge in [-0.2, -0.15) is 0 Å². The summed E-state index contributed by atoms with van der Waals surface area (Å²) in [6, 6.07) is 11.7. The van der Waals surface area contributed by atoms with Crippen molar-refractivity contribution in [1.82, 2.24) is 4.98 Å². The zero-order valence-electron chi connectivity index (χ0n) is 12.2. The largest absolute Gasteiger partial charge is 0.456 e. The van der Waals surface area contributed by atoms with Crippen LogP contribution in [0.5, 0.6) is 11.5 Å². The molecule has 0 saturated heterocycles. The van der Waals surface area contributed by atoms with Crippen LogP contribution < -0.4 is 4.74 Å². The Bertz CT molecular complexity index is 532. The molecule has 1 aromatic carbocycles. The number of rotatable bonds is 5. The van der Waals surface area contributed by atoms with Gasteiger partial charge in [-0.15, -0.1) is 0 Å². The number of ether oxygens (including phenoxy) is 1. The zero-order valence-corrected chi connectivity index (χ0v) is 12.2. The number of aliphatic hydroxyl groups is 1. The smallest absolute Gasteiger partial charge is 0.145 e. The van der Waals surface area contributed by atoms with Gasteiger partial charge < -0.3 is 9.84 Å². The predicted octanol–water partition coefficient (Wildman–Crippen LogP) is 4.44.